The maximum atomic E-state index is 5.19. The Balaban J connectivity index is 1.85. The molecule has 6 nitrogen and oxygen atoms in total. The van der Waals surface area contributed by atoms with Gasteiger partial charge in [-0.2, -0.15) is 9.36 Å². The van der Waals surface area contributed by atoms with Gasteiger partial charge in [0, 0.05) is 35.8 Å². The number of anilines is 1. The van der Waals surface area contributed by atoms with Crippen LogP contribution in [0.3, 0.4) is 0 Å². The summed E-state index contributed by atoms with van der Waals surface area (Å²) in [6.45, 7) is 11.1. The first-order chi connectivity index (χ1) is 9.36. The largest absolute Gasteiger partial charge is 0.360 e. The fourth-order valence-electron chi connectivity index (χ4n) is 1.48. The quantitative estimate of drug-likeness (QED) is 0.913. The predicted molar refractivity (Wildman–Crippen MR) is 79.2 cm³/mol. The van der Waals surface area contributed by atoms with Gasteiger partial charge in [-0.3, -0.25) is 0 Å². The molecule has 0 aliphatic carbocycles. The third kappa shape index (κ3) is 3.75. The summed E-state index contributed by atoms with van der Waals surface area (Å²) in [6, 6.07) is 0. The summed E-state index contributed by atoms with van der Waals surface area (Å²) in [5.74, 6) is 2.57. The van der Waals surface area contributed by atoms with Crippen LogP contribution in [-0.2, 0) is 11.8 Å². The van der Waals surface area contributed by atoms with Crippen LogP contribution >= 0.6 is 11.5 Å². The Kier molecular flexibility index (Phi) is 4.37. The third-order valence-electron chi connectivity index (χ3n) is 2.71. The molecule has 0 spiro atoms. The number of nitrogens with one attached hydrogen (secondary N) is 1. The number of nitrogens with zero attached hydrogens (tertiary/aromatic N) is 4. The Labute approximate surface area is 123 Å². The van der Waals surface area contributed by atoms with Crippen molar-refractivity contribution in [3.63, 3.8) is 0 Å². The van der Waals surface area contributed by atoms with Gasteiger partial charge in [0.2, 0.25) is 11.0 Å². The van der Waals surface area contributed by atoms with E-state index in [1.807, 2.05) is 13.8 Å². The summed E-state index contributed by atoms with van der Waals surface area (Å²) in [4.78, 5) is 8.81. The normalized spacial score (nSPS) is 12.1. The SMILES string of the molecule is CC(C)c1noc(CCNc2nc(C(C)(C)C)ns2)n1. The molecular weight excluding hydrogens is 274 g/mol. The van der Waals surface area contributed by atoms with Gasteiger partial charge in [-0.05, 0) is 0 Å². The number of rotatable bonds is 5. The van der Waals surface area contributed by atoms with Gasteiger partial charge < -0.3 is 9.84 Å². The summed E-state index contributed by atoms with van der Waals surface area (Å²) in [6.07, 6.45) is 0.685. The van der Waals surface area contributed by atoms with E-state index in [1.54, 1.807) is 0 Å². The molecule has 0 amide bonds. The Morgan fingerprint density at radius 1 is 1.25 bits per heavy atom. The molecule has 1 N–H and O–H groups in total. The molecule has 2 aromatic rings. The first-order valence-corrected chi connectivity index (χ1v) is 7.54. The van der Waals surface area contributed by atoms with Crippen LogP contribution < -0.4 is 5.32 Å². The maximum Gasteiger partial charge on any atom is 0.228 e. The van der Waals surface area contributed by atoms with Crippen molar-refractivity contribution in [3.8, 4) is 0 Å². The highest BCUT2D eigenvalue weighted by atomic mass is 32.1. The highest BCUT2D eigenvalue weighted by molar-refractivity contribution is 7.09. The fraction of sp³-hybridized carbons (Fsp3) is 0.692. The van der Waals surface area contributed by atoms with Gasteiger partial charge in [0.1, 0.15) is 5.82 Å². The van der Waals surface area contributed by atoms with Gasteiger partial charge in [0.05, 0.1) is 0 Å². The van der Waals surface area contributed by atoms with Crippen molar-refractivity contribution in [2.75, 3.05) is 11.9 Å². The summed E-state index contributed by atoms with van der Waals surface area (Å²) < 4.78 is 9.55. The van der Waals surface area contributed by atoms with Gasteiger partial charge >= 0.3 is 0 Å². The van der Waals surface area contributed by atoms with Crippen molar-refractivity contribution in [3.05, 3.63) is 17.5 Å². The molecule has 2 heterocycles. The van der Waals surface area contributed by atoms with Crippen LogP contribution in [0.2, 0.25) is 0 Å². The molecule has 0 fully saturated rings. The van der Waals surface area contributed by atoms with E-state index in [2.05, 4.69) is 45.6 Å². The third-order valence-corrected chi connectivity index (χ3v) is 3.38. The Morgan fingerprint density at radius 2 is 2.00 bits per heavy atom. The lowest BCUT2D eigenvalue weighted by Gasteiger charge is -2.12. The average molecular weight is 295 g/mol. The molecule has 0 aromatic carbocycles. The van der Waals surface area contributed by atoms with Crippen molar-refractivity contribution in [1.82, 2.24) is 19.5 Å². The van der Waals surface area contributed by atoms with E-state index in [9.17, 15) is 0 Å². The lowest BCUT2D eigenvalue weighted by molar-refractivity contribution is 0.373. The summed E-state index contributed by atoms with van der Waals surface area (Å²) in [7, 11) is 0. The molecular formula is C13H21N5OS. The molecule has 0 atom stereocenters. The van der Waals surface area contributed by atoms with E-state index in [0.29, 0.717) is 18.9 Å². The summed E-state index contributed by atoms with van der Waals surface area (Å²) >= 11 is 1.38. The Bertz CT molecular complexity index is 555. The van der Waals surface area contributed by atoms with E-state index >= 15 is 0 Å². The highest BCUT2D eigenvalue weighted by Crippen LogP contribution is 2.22. The van der Waals surface area contributed by atoms with Crippen LogP contribution in [0.5, 0.6) is 0 Å². The monoisotopic (exact) mass is 295 g/mol. The van der Waals surface area contributed by atoms with Crippen molar-refractivity contribution < 1.29 is 4.52 Å². The molecule has 20 heavy (non-hydrogen) atoms. The maximum absolute atomic E-state index is 5.19. The number of aromatic nitrogens is 4. The van der Waals surface area contributed by atoms with E-state index in [4.69, 9.17) is 4.52 Å². The van der Waals surface area contributed by atoms with Crippen LogP contribution in [-0.4, -0.2) is 26.0 Å². The number of hydrogen-bond donors (Lipinski definition) is 1. The Hall–Kier alpha value is -1.50. The standard InChI is InChI=1S/C13H21N5OS/c1-8(2)10-15-9(19-17-10)6-7-14-12-16-11(18-20-12)13(3,4)5/h8H,6-7H2,1-5H3,(H,14,16,18). The van der Waals surface area contributed by atoms with Crippen LogP contribution in [0.4, 0.5) is 5.13 Å². The van der Waals surface area contributed by atoms with Crippen LogP contribution in [0.15, 0.2) is 4.52 Å². The second kappa shape index (κ2) is 5.87. The zero-order valence-corrected chi connectivity index (χ0v) is 13.4. The molecule has 0 unspecified atom stereocenters. The lowest BCUT2D eigenvalue weighted by atomic mass is 9.96. The van der Waals surface area contributed by atoms with Crippen molar-refractivity contribution in [2.24, 2.45) is 0 Å². The van der Waals surface area contributed by atoms with Crippen LogP contribution in [0.1, 0.15) is 58.1 Å². The zero-order chi connectivity index (χ0) is 14.8. The van der Waals surface area contributed by atoms with Gasteiger partial charge in [-0.1, -0.05) is 39.8 Å². The summed E-state index contributed by atoms with van der Waals surface area (Å²) in [5, 5.41) is 8.01. The molecule has 2 aromatic heterocycles. The average Bonchev–Trinajstić information content (AvgIpc) is 2.96. The first-order valence-electron chi connectivity index (χ1n) is 6.77. The van der Waals surface area contributed by atoms with E-state index < -0.39 is 0 Å². The molecule has 0 aliphatic heterocycles. The second-order valence-electron chi connectivity index (χ2n) is 6.05. The van der Waals surface area contributed by atoms with E-state index in [-0.39, 0.29) is 11.3 Å². The topological polar surface area (TPSA) is 76.7 Å². The minimum atomic E-state index is -0.0188. The second-order valence-corrected chi connectivity index (χ2v) is 6.80. The molecule has 7 heteroatoms. The Morgan fingerprint density at radius 3 is 2.55 bits per heavy atom. The summed E-state index contributed by atoms with van der Waals surface area (Å²) in [5.41, 5.74) is -0.0188. The molecule has 0 aliphatic rings. The van der Waals surface area contributed by atoms with Crippen molar-refractivity contribution in [2.45, 2.75) is 52.4 Å². The smallest absolute Gasteiger partial charge is 0.228 e. The fourth-order valence-corrected chi connectivity index (χ4v) is 2.26. The van der Waals surface area contributed by atoms with Crippen molar-refractivity contribution >= 4 is 16.7 Å². The van der Waals surface area contributed by atoms with Crippen LogP contribution in [0.25, 0.3) is 0 Å². The molecule has 2 rings (SSSR count). The van der Waals surface area contributed by atoms with Gasteiger partial charge in [-0.15, -0.1) is 0 Å². The van der Waals surface area contributed by atoms with E-state index in [0.717, 1.165) is 16.8 Å². The predicted octanol–water partition coefficient (Wildman–Crippen LogP) is 3.00. The van der Waals surface area contributed by atoms with Gasteiger partial charge in [0.25, 0.3) is 0 Å². The van der Waals surface area contributed by atoms with E-state index in [1.165, 1.54) is 11.5 Å². The molecule has 0 saturated heterocycles. The van der Waals surface area contributed by atoms with Crippen LogP contribution in [0, 0.1) is 0 Å². The minimum absolute atomic E-state index is 0.0188. The minimum Gasteiger partial charge on any atom is -0.360 e. The number of hydrogen-bond acceptors (Lipinski definition) is 7. The molecule has 0 radical (unpaired) electrons. The molecule has 0 saturated carbocycles. The van der Waals surface area contributed by atoms with Gasteiger partial charge in [0.15, 0.2) is 5.82 Å². The zero-order valence-electron chi connectivity index (χ0n) is 12.6. The van der Waals surface area contributed by atoms with Crippen molar-refractivity contribution in [1.29, 1.82) is 0 Å². The van der Waals surface area contributed by atoms with Gasteiger partial charge in [-0.25, -0.2) is 4.98 Å². The molecule has 0 bridgehead atoms. The molecule has 110 valence electrons. The lowest BCUT2D eigenvalue weighted by Crippen LogP contribution is -2.13. The first kappa shape index (κ1) is 14.9. The highest BCUT2D eigenvalue weighted by Gasteiger charge is 2.19.